The van der Waals surface area contributed by atoms with Crippen LogP contribution >= 0.6 is 23.2 Å². The Morgan fingerprint density at radius 3 is 2.47 bits per heavy atom. The van der Waals surface area contributed by atoms with E-state index < -0.39 is 0 Å². The first-order chi connectivity index (χ1) is 8.16. The van der Waals surface area contributed by atoms with E-state index in [4.69, 9.17) is 27.9 Å². The fourth-order valence-electron chi connectivity index (χ4n) is 1.34. The van der Waals surface area contributed by atoms with Crippen molar-refractivity contribution in [2.24, 2.45) is 0 Å². The summed E-state index contributed by atoms with van der Waals surface area (Å²) in [6, 6.07) is 11.4. The average Bonchev–Trinajstić information content (AvgIpc) is 2.32. The number of rotatable bonds is 3. The quantitative estimate of drug-likeness (QED) is 0.785. The molecule has 0 saturated carbocycles. The number of ether oxygens (including phenoxy) is 1. The first kappa shape index (κ1) is 12.2. The molecule has 0 spiro atoms. The van der Waals surface area contributed by atoms with E-state index in [0.29, 0.717) is 21.4 Å². The molecule has 0 amide bonds. The van der Waals surface area contributed by atoms with E-state index in [9.17, 15) is 4.39 Å². The third-order valence-corrected chi connectivity index (χ3v) is 2.98. The Hall–Kier alpha value is -1.25. The molecule has 2 aromatic carbocycles. The highest BCUT2D eigenvalue weighted by atomic mass is 35.5. The summed E-state index contributed by atoms with van der Waals surface area (Å²) in [4.78, 5) is 0. The van der Waals surface area contributed by atoms with Crippen LogP contribution in [-0.4, -0.2) is 0 Å². The summed E-state index contributed by atoms with van der Waals surface area (Å²) in [5.74, 6) is 0.273. The lowest BCUT2D eigenvalue weighted by atomic mass is 10.2. The van der Waals surface area contributed by atoms with E-state index in [2.05, 4.69) is 0 Å². The second-order valence-electron chi connectivity index (χ2n) is 3.46. The molecule has 2 rings (SSSR count). The van der Waals surface area contributed by atoms with Crippen molar-refractivity contribution in [1.29, 1.82) is 0 Å². The van der Waals surface area contributed by atoms with Crippen molar-refractivity contribution in [2.45, 2.75) is 6.61 Å². The number of benzene rings is 2. The fourth-order valence-corrected chi connectivity index (χ4v) is 1.63. The Labute approximate surface area is 109 Å². The fraction of sp³-hybridized carbons (Fsp3) is 0.0769. The van der Waals surface area contributed by atoms with E-state index in [1.807, 2.05) is 0 Å². The zero-order chi connectivity index (χ0) is 12.3. The predicted molar refractivity (Wildman–Crippen MR) is 67.2 cm³/mol. The summed E-state index contributed by atoms with van der Waals surface area (Å²) >= 11 is 11.6. The summed E-state index contributed by atoms with van der Waals surface area (Å²) in [5.41, 5.74) is 0.499. The Kier molecular flexibility index (Phi) is 3.87. The van der Waals surface area contributed by atoms with Crippen LogP contribution in [0.15, 0.2) is 42.5 Å². The largest absolute Gasteiger partial charge is 0.489 e. The molecule has 0 aliphatic carbocycles. The van der Waals surface area contributed by atoms with Crippen LogP contribution in [0.5, 0.6) is 5.75 Å². The molecule has 0 aliphatic rings. The lowest BCUT2D eigenvalue weighted by Crippen LogP contribution is -1.98. The van der Waals surface area contributed by atoms with Gasteiger partial charge in [-0.05, 0) is 18.2 Å². The van der Waals surface area contributed by atoms with Gasteiger partial charge in [0, 0.05) is 11.6 Å². The molecule has 0 heterocycles. The van der Waals surface area contributed by atoms with Crippen molar-refractivity contribution in [1.82, 2.24) is 0 Å². The Morgan fingerprint density at radius 2 is 1.76 bits per heavy atom. The molecule has 0 saturated heterocycles. The van der Waals surface area contributed by atoms with E-state index >= 15 is 0 Å². The van der Waals surface area contributed by atoms with Crippen molar-refractivity contribution in [3.63, 3.8) is 0 Å². The molecule has 0 unspecified atom stereocenters. The van der Waals surface area contributed by atoms with Crippen molar-refractivity contribution in [2.75, 3.05) is 0 Å². The average molecular weight is 271 g/mol. The first-order valence-electron chi connectivity index (χ1n) is 4.98. The van der Waals surface area contributed by atoms with Gasteiger partial charge in [0.05, 0.1) is 10.0 Å². The maximum Gasteiger partial charge on any atom is 0.129 e. The highest BCUT2D eigenvalue weighted by Gasteiger charge is 2.03. The van der Waals surface area contributed by atoms with Crippen LogP contribution in [0.3, 0.4) is 0 Å². The monoisotopic (exact) mass is 270 g/mol. The van der Waals surface area contributed by atoms with Gasteiger partial charge in [0.25, 0.3) is 0 Å². The SMILES string of the molecule is Fc1ccccc1COc1ccc(Cl)c(Cl)c1. The molecule has 0 fully saturated rings. The normalized spacial score (nSPS) is 10.3. The predicted octanol–water partition coefficient (Wildman–Crippen LogP) is 4.71. The van der Waals surface area contributed by atoms with E-state index in [-0.39, 0.29) is 12.4 Å². The highest BCUT2D eigenvalue weighted by Crippen LogP contribution is 2.26. The minimum Gasteiger partial charge on any atom is -0.489 e. The van der Waals surface area contributed by atoms with Crippen molar-refractivity contribution in [3.8, 4) is 5.75 Å². The van der Waals surface area contributed by atoms with Crippen molar-refractivity contribution >= 4 is 23.2 Å². The maximum atomic E-state index is 13.3. The summed E-state index contributed by atoms with van der Waals surface area (Å²) in [6.45, 7) is 0.157. The van der Waals surface area contributed by atoms with E-state index in [0.717, 1.165) is 0 Å². The van der Waals surface area contributed by atoms with Crippen molar-refractivity contribution < 1.29 is 9.13 Å². The van der Waals surface area contributed by atoms with Gasteiger partial charge in [-0.2, -0.15) is 0 Å². The first-order valence-corrected chi connectivity index (χ1v) is 5.73. The zero-order valence-electron chi connectivity index (χ0n) is 8.79. The van der Waals surface area contributed by atoms with Crippen LogP contribution in [0.4, 0.5) is 4.39 Å². The van der Waals surface area contributed by atoms with Gasteiger partial charge in [0.1, 0.15) is 18.2 Å². The molecule has 17 heavy (non-hydrogen) atoms. The molecular formula is C13H9Cl2FO. The van der Waals surface area contributed by atoms with Gasteiger partial charge in [-0.3, -0.25) is 0 Å². The van der Waals surface area contributed by atoms with Gasteiger partial charge in [-0.25, -0.2) is 4.39 Å². The molecule has 2 aromatic rings. The Morgan fingerprint density at radius 1 is 1.00 bits per heavy atom. The summed E-state index contributed by atoms with van der Waals surface area (Å²) in [6.07, 6.45) is 0. The molecular weight excluding hydrogens is 262 g/mol. The van der Waals surface area contributed by atoms with Crippen LogP contribution in [0.25, 0.3) is 0 Å². The maximum absolute atomic E-state index is 13.3. The van der Waals surface area contributed by atoms with Crippen LogP contribution in [0, 0.1) is 5.82 Å². The second-order valence-corrected chi connectivity index (χ2v) is 4.27. The van der Waals surface area contributed by atoms with Crippen LogP contribution in [0.2, 0.25) is 10.0 Å². The van der Waals surface area contributed by atoms with Gasteiger partial charge in [-0.1, -0.05) is 41.4 Å². The smallest absolute Gasteiger partial charge is 0.129 e. The number of hydrogen-bond acceptors (Lipinski definition) is 1. The van der Waals surface area contributed by atoms with Gasteiger partial charge >= 0.3 is 0 Å². The van der Waals surface area contributed by atoms with Gasteiger partial charge in [0.2, 0.25) is 0 Å². The Balaban J connectivity index is 2.08. The van der Waals surface area contributed by atoms with Crippen molar-refractivity contribution in [3.05, 3.63) is 63.9 Å². The third-order valence-electron chi connectivity index (χ3n) is 2.24. The molecule has 88 valence electrons. The third kappa shape index (κ3) is 3.11. The minimum absolute atomic E-state index is 0.157. The highest BCUT2D eigenvalue weighted by molar-refractivity contribution is 6.42. The lowest BCUT2D eigenvalue weighted by Gasteiger charge is -2.07. The second kappa shape index (κ2) is 5.39. The summed E-state index contributed by atoms with van der Waals surface area (Å²) in [5, 5.41) is 0.877. The molecule has 4 heteroatoms. The minimum atomic E-state index is -0.285. The van der Waals surface area contributed by atoms with Gasteiger partial charge < -0.3 is 4.74 Å². The molecule has 1 nitrogen and oxygen atoms in total. The topological polar surface area (TPSA) is 9.23 Å². The van der Waals surface area contributed by atoms with Gasteiger partial charge in [0.15, 0.2) is 0 Å². The zero-order valence-corrected chi connectivity index (χ0v) is 10.3. The lowest BCUT2D eigenvalue weighted by molar-refractivity contribution is 0.300. The number of halogens is 3. The number of hydrogen-bond donors (Lipinski definition) is 0. The van der Waals surface area contributed by atoms with E-state index in [1.165, 1.54) is 6.07 Å². The molecule has 0 aromatic heterocycles. The van der Waals surface area contributed by atoms with Crippen LogP contribution in [0.1, 0.15) is 5.56 Å². The molecule has 0 aliphatic heterocycles. The standard InChI is InChI=1S/C13H9Cl2FO/c14-11-6-5-10(7-12(11)15)17-8-9-3-1-2-4-13(9)16/h1-7H,8H2. The molecule has 0 N–H and O–H groups in total. The molecule has 0 bridgehead atoms. The van der Waals surface area contributed by atoms with E-state index in [1.54, 1.807) is 36.4 Å². The van der Waals surface area contributed by atoms with Crippen LogP contribution in [-0.2, 0) is 6.61 Å². The summed E-state index contributed by atoms with van der Waals surface area (Å²) < 4.78 is 18.7. The Bertz CT molecular complexity index is 529. The summed E-state index contributed by atoms with van der Waals surface area (Å²) in [7, 11) is 0. The molecule has 0 atom stereocenters. The van der Waals surface area contributed by atoms with Crippen LogP contribution < -0.4 is 4.74 Å². The molecule has 0 radical (unpaired) electrons. The van der Waals surface area contributed by atoms with Gasteiger partial charge in [-0.15, -0.1) is 0 Å².